The lowest BCUT2D eigenvalue weighted by atomic mass is 9.95. The lowest BCUT2D eigenvalue weighted by Crippen LogP contribution is -2.21. The fourth-order valence-electron chi connectivity index (χ4n) is 2.46. The van der Waals surface area contributed by atoms with Crippen molar-refractivity contribution in [3.8, 4) is 17.0 Å². The van der Waals surface area contributed by atoms with Gasteiger partial charge in [-0.25, -0.2) is 4.98 Å². The van der Waals surface area contributed by atoms with E-state index in [0.29, 0.717) is 0 Å². The number of nitrogens with two attached hydrogens (primary N) is 1. The van der Waals surface area contributed by atoms with Gasteiger partial charge < -0.3 is 15.0 Å². The summed E-state index contributed by atoms with van der Waals surface area (Å²) in [6, 6.07) is 8.13. The molecule has 2 N–H and O–H groups in total. The Morgan fingerprint density at radius 2 is 1.71 bits per heavy atom. The molecule has 4 nitrogen and oxygen atoms in total. The molecule has 4 heteroatoms. The molecule has 0 unspecified atom stereocenters. The zero-order chi connectivity index (χ0) is 15.8. The monoisotopic (exact) mass is 287 g/mol. The van der Waals surface area contributed by atoms with Crippen LogP contribution in [0.4, 0.5) is 5.82 Å². The molecule has 0 atom stereocenters. The highest BCUT2D eigenvalue weighted by molar-refractivity contribution is 5.71. The van der Waals surface area contributed by atoms with Crippen LogP contribution in [0.15, 0.2) is 24.3 Å². The second-order valence-corrected chi connectivity index (χ2v) is 6.61. The van der Waals surface area contributed by atoms with Gasteiger partial charge in [-0.05, 0) is 38.1 Å². The first-order chi connectivity index (χ1) is 9.75. The average molecular weight is 287 g/mol. The van der Waals surface area contributed by atoms with Crippen LogP contribution in [-0.2, 0) is 5.41 Å². The Kier molecular flexibility index (Phi) is 3.99. The van der Waals surface area contributed by atoms with Gasteiger partial charge in [0.25, 0.3) is 0 Å². The van der Waals surface area contributed by atoms with Crippen LogP contribution in [0.2, 0.25) is 0 Å². The zero-order valence-electron chi connectivity index (χ0n) is 13.8. The number of nitrogens with zero attached hydrogens (tertiary/aromatic N) is 2. The molecular formula is C17H25N3O. The van der Waals surface area contributed by atoms with Gasteiger partial charge in [-0.1, -0.05) is 20.8 Å². The number of hydrogen-bond acceptors (Lipinski definition) is 3. The van der Waals surface area contributed by atoms with Crippen molar-refractivity contribution >= 4 is 5.82 Å². The minimum absolute atomic E-state index is 0.0525. The van der Waals surface area contributed by atoms with E-state index in [4.69, 9.17) is 15.5 Å². The quantitative estimate of drug-likeness (QED) is 0.927. The number of hydrogen-bond donors (Lipinski definition) is 1. The molecule has 1 heterocycles. The zero-order valence-corrected chi connectivity index (χ0v) is 13.8. The molecule has 0 aliphatic heterocycles. The summed E-state index contributed by atoms with van der Waals surface area (Å²) in [6.07, 6.45) is 0. The topological polar surface area (TPSA) is 53.1 Å². The fourth-order valence-corrected chi connectivity index (χ4v) is 2.46. The summed E-state index contributed by atoms with van der Waals surface area (Å²) < 4.78 is 7.32. The normalized spacial score (nSPS) is 12.0. The van der Waals surface area contributed by atoms with Crippen LogP contribution in [0, 0.1) is 0 Å². The standard InChI is InChI=1S/C17H25N3O/c1-11(2)20-15(18)14(19-16(20)17(3,4)5)12-7-9-13(21-6)10-8-12/h7-11H,18H2,1-6H3. The molecule has 0 saturated carbocycles. The average Bonchev–Trinajstić information content (AvgIpc) is 2.76. The summed E-state index contributed by atoms with van der Waals surface area (Å²) in [4.78, 5) is 4.83. The number of anilines is 1. The summed E-state index contributed by atoms with van der Waals surface area (Å²) in [7, 11) is 1.66. The van der Waals surface area contributed by atoms with E-state index in [9.17, 15) is 0 Å². The summed E-state index contributed by atoms with van der Waals surface area (Å²) in [5.41, 5.74) is 8.18. The first-order valence-electron chi connectivity index (χ1n) is 7.28. The van der Waals surface area contributed by atoms with E-state index < -0.39 is 0 Å². The van der Waals surface area contributed by atoms with Crippen LogP contribution in [0.3, 0.4) is 0 Å². The minimum Gasteiger partial charge on any atom is -0.497 e. The Labute approximate surface area is 127 Å². The van der Waals surface area contributed by atoms with Crippen molar-refractivity contribution in [2.24, 2.45) is 0 Å². The molecule has 21 heavy (non-hydrogen) atoms. The Morgan fingerprint density at radius 1 is 1.14 bits per heavy atom. The highest BCUT2D eigenvalue weighted by atomic mass is 16.5. The number of ether oxygens (including phenoxy) is 1. The van der Waals surface area contributed by atoms with Gasteiger partial charge in [-0.2, -0.15) is 0 Å². The molecule has 0 saturated heterocycles. The van der Waals surface area contributed by atoms with E-state index in [1.165, 1.54) is 0 Å². The lowest BCUT2D eigenvalue weighted by Gasteiger charge is -2.22. The van der Waals surface area contributed by atoms with Crippen molar-refractivity contribution in [2.75, 3.05) is 12.8 Å². The van der Waals surface area contributed by atoms with E-state index in [1.54, 1.807) is 7.11 Å². The predicted molar refractivity (Wildman–Crippen MR) is 87.7 cm³/mol. The third-order valence-electron chi connectivity index (χ3n) is 3.50. The third kappa shape index (κ3) is 2.89. The summed E-state index contributed by atoms with van der Waals surface area (Å²) >= 11 is 0. The molecule has 0 bridgehead atoms. The van der Waals surface area contributed by atoms with Crippen LogP contribution >= 0.6 is 0 Å². The largest absolute Gasteiger partial charge is 0.497 e. The van der Waals surface area contributed by atoms with Crippen LogP contribution in [0.25, 0.3) is 11.3 Å². The summed E-state index contributed by atoms with van der Waals surface area (Å²) in [5, 5.41) is 0. The van der Waals surface area contributed by atoms with E-state index in [-0.39, 0.29) is 11.5 Å². The Morgan fingerprint density at radius 3 is 2.10 bits per heavy atom. The highest BCUT2D eigenvalue weighted by Gasteiger charge is 2.26. The lowest BCUT2D eigenvalue weighted by molar-refractivity contribution is 0.415. The van der Waals surface area contributed by atoms with Crippen molar-refractivity contribution in [3.05, 3.63) is 30.1 Å². The van der Waals surface area contributed by atoms with Crippen LogP contribution in [0.5, 0.6) is 5.75 Å². The first-order valence-corrected chi connectivity index (χ1v) is 7.28. The van der Waals surface area contributed by atoms with Crippen LogP contribution in [0.1, 0.15) is 46.5 Å². The molecule has 0 aliphatic carbocycles. The first kappa shape index (κ1) is 15.4. The third-order valence-corrected chi connectivity index (χ3v) is 3.50. The molecule has 2 aromatic rings. The van der Waals surface area contributed by atoms with Crippen molar-refractivity contribution in [3.63, 3.8) is 0 Å². The van der Waals surface area contributed by atoms with Gasteiger partial charge in [0.15, 0.2) is 0 Å². The molecule has 0 radical (unpaired) electrons. The maximum atomic E-state index is 6.37. The van der Waals surface area contributed by atoms with Gasteiger partial charge in [-0.3, -0.25) is 0 Å². The summed E-state index contributed by atoms with van der Waals surface area (Å²) in [6.45, 7) is 10.7. The van der Waals surface area contributed by atoms with Crippen molar-refractivity contribution in [1.82, 2.24) is 9.55 Å². The molecule has 0 amide bonds. The van der Waals surface area contributed by atoms with Crippen molar-refractivity contribution in [2.45, 2.75) is 46.1 Å². The van der Waals surface area contributed by atoms with Gasteiger partial charge >= 0.3 is 0 Å². The molecule has 114 valence electrons. The number of aromatic nitrogens is 2. The van der Waals surface area contributed by atoms with E-state index >= 15 is 0 Å². The van der Waals surface area contributed by atoms with Crippen molar-refractivity contribution in [1.29, 1.82) is 0 Å². The minimum atomic E-state index is -0.0525. The van der Waals surface area contributed by atoms with Gasteiger partial charge in [0, 0.05) is 17.0 Å². The Hall–Kier alpha value is -1.97. The van der Waals surface area contributed by atoms with Gasteiger partial charge in [0.2, 0.25) is 0 Å². The molecular weight excluding hydrogens is 262 g/mol. The molecule has 0 fully saturated rings. The number of nitrogen functional groups attached to an aromatic ring is 1. The number of imidazole rings is 1. The maximum Gasteiger partial charge on any atom is 0.131 e. The second-order valence-electron chi connectivity index (χ2n) is 6.61. The Bertz CT molecular complexity index is 619. The van der Waals surface area contributed by atoms with E-state index in [0.717, 1.165) is 28.6 Å². The van der Waals surface area contributed by atoms with Gasteiger partial charge in [-0.15, -0.1) is 0 Å². The predicted octanol–water partition coefficient (Wildman–Crippen LogP) is 4.02. The van der Waals surface area contributed by atoms with Crippen LogP contribution in [-0.4, -0.2) is 16.7 Å². The molecule has 0 aliphatic rings. The van der Waals surface area contributed by atoms with E-state index in [2.05, 4.69) is 39.2 Å². The summed E-state index contributed by atoms with van der Waals surface area (Å²) in [5.74, 6) is 2.57. The molecule has 2 rings (SSSR count). The Balaban J connectivity index is 2.59. The van der Waals surface area contributed by atoms with E-state index in [1.807, 2.05) is 24.3 Å². The highest BCUT2D eigenvalue weighted by Crippen LogP contribution is 2.34. The number of benzene rings is 1. The molecule has 1 aromatic carbocycles. The van der Waals surface area contributed by atoms with Gasteiger partial charge in [0.05, 0.1) is 7.11 Å². The van der Waals surface area contributed by atoms with Crippen LogP contribution < -0.4 is 10.5 Å². The SMILES string of the molecule is COc1ccc(-c2nc(C(C)(C)C)n(C(C)C)c2N)cc1. The second kappa shape index (κ2) is 5.43. The van der Waals surface area contributed by atoms with Crippen molar-refractivity contribution < 1.29 is 4.74 Å². The number of methoxy groups -OCH3 is 1. The molecule has 1 aromatic heterocycles. The number of rotatable bonds is 3. The maximum absolute atomic E-state index is 6.37. The molecule has 0 spiro atoms. The smallest absolute Gasteiger partial charge is 0.131 e. The van der Waals surface area contributed by atoms with Gasteiger partial charge in [0.1, 0.15) is 23.1 Å². The fraction of sp³-hybridized carbons (Fsp3) is 0.471.